The lowest BCUT2D eigenvalue weighted by molar-refractivity contribution is -0.146. The largest absolute Gasteiger partial charge is 0.481 e. The summed E-state index contributed by atoms with van der Waals surface area (Å²) in [7, 11) is 0. The molecule has 1 aromatic rings. The molecule has 1 amide bonds. The van der Waals surface area contributed by atoms with Gasteiger partial charge in [0.25, 0.3) is 0 Å². The quantitative estimate of drug-likeness (QED) is 0.804. The molecule has 0 aliphatic carbocycles. The van der Waals surface area contributed by atoms with Crippen LogP contribution in [0, 0.1) is 0 Å². The molecule has 1 unspecified atom stereocenters. The van der Waals surface area contributed by atoms with Crippen LogP contribution in [0.15, 0.2) is 29.2 Å². The van der Waals surface area contributed by atoms with Gasteiger partial charge in [-0.25, -0.2) is 0 Å². The number of carboxylic acids is 1. The van der Waals surface area contributed by atoms with E-state index in [1.807, 2.05) is 24.3 Å². The van der Waals surface area contributed by atoms with Gasteiger partial charge in [0.05, 0.1) is 30.7 Å². The van der Waals surface area contributed by atoms with Gasteiger partial charge in [-0.2, -0.15) is 0 Å². The Kier molecular flexibility index (Phi) is 6.54. The summed E-state index contributed by atoms with van der Waals surface area (Å²) in [5.41, 5.74) is 0. The van der Waals surface area contributed by atoms with Crippen molar-refractivity contribution in [3.63, 3.8) is 0 Å². The highest BCUT2D eigenvalue weighted by Gasteiger charge is 2.28. The van der Waals surface area contributed by atoms with Crippen molar-refractivity contribution in [2.24, 2.45) is 0 Å². The molecule has 7 heteroatoms. The van der Waals surface area contributed by atoms with Crippen LogP contribution >= 0.6 is 23.4 Å². The summed E-state index contributed by atoms with van der Waals surface area (Å²) < 4.78 is 5.27. The summed E-state index contributed by atoms with van der Waals surface area (Å²) >= 11 is 7.60. The molecule has 1 aliphatic rings. The third-order valence-electron chi connectivity index (χ3n) is 3.37. The average Bonchev–Trinajstić information content (AvgIpc) is 2.49. The zero-order chi connectivity index (χ0) is 15.9. The van der Waals surface area contributed by atoms with Gasteiger partial charge in [0.2, 0.25) is 5.91 Å². The Hall–Kier alpha value is -1.24. The number of morpholine rings is 1. The van der Waals surface area contributed by atoms with Crippen LogP contribution < -0.4 is 0 Å². The first kappa shape index (κ1) is 17.1. The molecule has 5 nitrogen and oxygen atoms in total. The predicted molar refractivity (Wildman–Crippen MR) is 85.4 cm³/mol. The fourth-order valence-electron chi connectivity index (χ4n) is 2.31. The highest BCUT2D eigenvalue weighted by atomic mass is 35.5. The normalized spacial score (nSPS) is 18.2. The number of nitrogens with zero attached hydrogens (tertiary/aromatic N) is 1. The molecule has 120 valence electrons. The Bertz CT molecular complexity index is 540. The van der Waals surface area contributed by atoms with Crippen LogP contribution in [-0.2, 0) is 14.3 Å². The molecule has 1 atom stereocenters. The van der Waals surface area contributed by atoms with E-state index >= 15 is 0 Å². The van der Waals surface area contributed by atoms with Crippen molar-refractivity contribution in [2.45, 2.75) is 23.8 Å². The van der Waals surface area contributed by atoms with Crippen LogP contribution in [-0.4, -0.2) is 53.4 Å². The van der Waals surface area contributed by atoms with Gasteiger partial charge in [-0.05, 0) is 12.1 Å². The number of carboxylic acid groups (broad SMARTS) is 1. The van der Waals surface area contributed by atoms with Crippen LogP contribution in [0.2, 0.25) is 5.02 Å². The highest BCUT2D eigenvalue weighted by Crippen LogP contribution is 2.27. The second-order valence-electron chi connectivity index (χ2n) is 4.94. The van der Waals surface area contributed by atoms with E-state index in [9.17, 15) is 9.59 Å². The summed E-state index contributed by atoms with van der Waals surface area (Å²) in [6.07, 6.45) is 0.273. The van der Waals surface area contributed by atoms with Gasteiger partial charge in [-0.15, -0.1) is 11.8 Å². The monoisotopic (exact) mass is 343 g/mol. The van der Waals surface area contributed by atoms with Gasteiger partial charge < -0.3 is 14.7 Å². The number of aliphatic carboxylic acids is 1. The molecule has 1 heterocycles. The maximum absolute atomic E-state index is 12.3. The SMILES string of the molecule is O=C(O)CC1COCCN1C(=O)CCSc1ccccc1Cl. The summed E-state index contributed by atoms with van der Waals surface area (Å²) in [4.78, 5) is 25.7. The third-order valence-corrected chi connectivity index (χ3v) is 4.89. The van der Waals surface area contributed by atoms with E-state index in [0.29, 0.717) is 30.3 Å². The smallest absolute Gasteiger partial charge is 0.305 e. The molecule has 1 saturated heterocycles. The summed E-state index contributed by atoms with van der Waals surface area (Å²) in [5, 5.41) is 9.58. The van der Waals surface area contributed by atoms with Gasteiger partial charge in [0.15, 0.2) is 0 Å². The van der Waals surface area contributed by atoms with E-state index in [-0.39, 0.29) is 25.0 Å². The third kappa shape index (κ3) is 4.90. The van der Waals surface area contributed by atoms with E-state index in [2.05, 4.69) is 0 Å². The number of rotatable bonds is 6. The summed E-state index contributed by atoms with van der Waals surface area (Å²) in [5.74, 6) is -0.340. The highest BCUT2D eigenvalue weighted by molar-refractivity contribution is 7.99. The molecule has 0 saturated carbocycles. The average molecular weight is 344 g/mol. The van der Waals surface area contributed by atoms with Crippen LogP contribution in [0.5, 0.6) is 0 Å². The first-order valence-electron chi connectivity index (χ1n) is 7.04. The second-order valence-corrected chi connectivity index (χ2v) is 6.49. The minimum Gasteiger partial charge on any atom is -0.481 e. The van der Waals surface area contributed by atoms with Crippen molar-refractivity contribution in [3.8, 4) is 0 Å². The van der Waals surface area contributed by atoms with E-state index in [4.69, 9.17) is 21.4 Å². The first-order valence-corrected chi connectivity index (χ1v) is 8.40. The number of thioether (sulfide) groups is 1. The van der Waals surface area contributed by atoms with Gasteiger partial charge in [0.1, 0.15) is 0 Å². The van der Waals surface area contributed by atoms with E-state index in [1.165, 1.54) is 11.8 Å². The molecule has 1 aliphatic heterocycles. The van der Waals surface area contributed by atoms with Crippen LogP contribution in [0.1, 0.15) is 12.8 Å². The number of ether oxygens (including phenoxy) is 1. The van der Waals surface area contributed by atoms with Gasteiger partial charge in [-0.3, -0.25) is 9.59 Å². The molecular weight excluding hydrogens is 326 g/mol. The molecule has 0 bridgehead atoms. The Morgan fingerprint density at radius 3 is 2.91 bits per heavy atom. The van der Waals surface area contributed by atoms with Crippen LogP contribution in [0.4, 0.5) is 0 Å². The lowest BCUT2D eigenvalue weighted by atomic mass is 10.1. The molecule has 0 spiro atoms. The number of halogens is 1. The van der Waals surface area contributed by atoms with E-state index in [0.717, 1.165) is 4.90 Å². The molecule has 0 radical (unpaired) electrons. The van der Waals surface area contributed by atoms with Gasteiger partial charge >= 0.3 is 5.97 Å². The van der Waals surface area contributed by atoms with Gasteiger partial charge in [0, 0.05) is 23.6 Å². The number of amides is 1. The Labute approximate surface area is 138 Å². The zero-order valence-electron chi connectivity index (χ0n) is 12.0. The maximum atomic E-state index is 12.3. The van der Waals surface area contributed by atoms with Crippen LogP contribution in [0.25, 0.3) is 0 Å². The number of benzene rings is 1. The van der Waals surface area contributed by atoms with Crippen molar-refractivity contribution < 1.29 is 19.4 Å². The van der Waals surface area contributed by atoms with E-state index in [1.54, 1.807) is 4.90 Å². The Morgan fingerprint density at radius 2 is 2.18 bits per heavy atom. The number of hydrogen-bond donors (Lipinski definition) is 1. The first-order chi connectivity index (χ1) is 10.6. The topological polar surface area (TPSA) is 66.8 Å². The van der Waals surface area contributed by atoms with Crippen LogP contribution in [0.3, 0.4) is 0 Å². The predicted octanol–water partition coefficient (Wildman–Crippen LogP) is 2.52. The van der Waals surface area contributed by atoms with Gasteiger partial charge in [-0.1, -0.05) is 23.7 Å². The lowest BCUT2D eigenvalue weighted by Gasteiger charge is -2.34. The van der Waals surface area contributed by atoms with Crippen molar-refractivity contribution in [2.75, 3.05) is 25.5 Å². The molecule has 1 fully saturated rings. The minimum atomic E-state index is -0.918. The molecule has 0 aromatic heterocycles. The number of carbonyl (C=O) groups is 2. The second kappa shape index (κ2) is 8.41. The van der Waals surface area contributed by atoms with Crippen molar-refractivity contribution >= 4 is 35.2 Å². The van der Waals surface area contributed by atoms with Crippen molar-refractivity contribution in [1.82, 2.24) is 4.90 Å². The lowest BCUT2D eigenvalue weighted by Crippen LogP contribution is -2.49. The fraction of sp³-hybridized carbons (Fsp3) is 0.467. The number of hydrogen-bond acceptors (Lipinski definition) is 4. The molecule has 1 aromatic carbocycles. The maximum Gasteiger partial charge on any atom is 0.305 e. The molecular formula is C15H18ClNO4S. The Morgan fingerprint density at radius 1 is 1.41 bits per heavy atom. The fourth-order valence-corrected chi connectivity index (χ4v) is 3.48. The molecule has 1 N–H and O–H groups in total. The summed E-state index contributed by atoms with van der Waals surface area (Å²) in [6, 6.07) is 7.13. The molecule has 2 rings (SSSR count). The van der Waals surface area contributed by atoms with Crippen molar-refractivity contribution in [3.05, 3.63) is 29.3 Å². The minimum absolute atomic E-state index is 0.0332. The zero-order valence-corrected chi connectivity index (χ0v) is 13.6. The summed E-state index contributed by atoms with van der Waals surface area (Å²) in [6.45, 7) is 1.20. The Balaban J connectivity index is 1.85. The van der Waals surface area contributed by atoms with E-state index < -0.39 is 5.97 Å². The standard InChI is InChI=1S/C15H18ClNO4S/c16-12-3-1-2-4-13(12)22-8-5-14(18)17-6-7-21-10-11(17)9-15(19)20/h1-4,11H,5-10H2,(H,19,20). The van der Waals surface area contributed by atoms with Crippen molar-refractivity contribution in [1.29, 1.82) is 0 Å². The molecule has 22 heavy (non-hydrogen) atoms. The number of carbonyl (C=O) groups excluding carboxylic acids is 1.